The molecule has 96 valence electrons. The summed E-state index contributed by atoms with van der Waals surface area (Å²) < 4.78 is 2.13. The van der Waals surface area contributed by atoms with Crippen molar-refractivity contribution in [1.29, 1.82) is 0 Å². The van der Waals surface area contributed by atoms with Crippen LogP contribution in [0.4, 0.5) is 0 Å². The Balaban J connectivity index is 2.25. The fraction of sp³-hybridized carbons (Fsp3) is 0.333. The number of hydrogen-bond donors (Lipinski definition) is 1. The van der Waals surface area contributed by atoms with Crippen LogP contribution in [0.15, 0.2) is 36.4 Å². The molecule has 0 aliphatic rings. The van der Waals surface area contributed by atoms with E-state index in [4.69, 9.17) is 11.6 Å². The Kier molecular flexibility index (Phi) is 3.97. The van der Waals surface area contributed by atoms with Gasteiger partial charge in [-0.1, -0.05) is 30.7 Å². The van der Waals surface area contributed by atoms with Gasteiger partial charge in [-0.15, -0.1) is 0 Å². The summed E-state index contributed by atoms with van der Waals surface area (Å²) in [5.74, 6) is 0. The lowest BCUT2D eigenvalue weighted by Gasteiger charge is -2.22. The van der Waals surface area contributed by atoms with Gasteiger partial charge in [-0.2, -0.15) is 0 Å². The predicted molar refractivity (Wildman–Crippen MR) is 77.8 cm³/mol. The number of nitrogens with one attached hydrogen (secondary N) is 1. The zero-order valence-corrected chi connectivity index (χ0v) is 11.8. The van der Waals surface area contributed by atoms with Crippen LogP contribution in [0, 0.1) is 13.8 Å². The van der Waals surface area contributed by atoms with E-state index in [1.165, 1.54) is 17.0 Å². The van der Waals surface area contributed by atoms with Crippen LogP contribution < -0.4 is 5.43 Å². The van der Waals surface area contributed by atoms with Crippen LogP contribution in [-0.4, -0.2) is 4.68 Å². The third kappa shape index (κ3) is 2.70. The van der Waals surface area contributed by atoms with Gasteiger partial charge in [0.05, 0.1) is 6.04 Å². The Bertz CT molecular complexity index is 512. The monoisotopic (exact) mass is 262 g/mol. The molecule has 1 aromatic heterocycles. The van der Waals surface area contributed by atoms with Crippen LogP contribution in [0.25, 0.3) is 0 Å². The van der Waals surface area contributed by atoms with Crippen molar-refractivity contribution in [2.45, 2.75) is 33.2 Å². The van der Waals surface area contributed by atoms with E-state index in [0.717, 1.165) is 11.4 Å². The van der Waals surface area contributed by atoms with Crippen LogP contribution in [0.5, 0.6) is 0 Å². The van der Waals surface area contributed by atoms with E-state index in [0.29, 0.717) is 0 Å². The lowest BCUT2D eigenvalue weighted by Crippen LogP contribution is -2.22. The first-order valence-electron chi connectivity index (χ1n) is 6.28. The fourth-order valence-electron chi connectivity index (χ4n) is 2.15. The average Bonchev–Trinajstić information content (AvgIpc) is 2.66. The van der Waals surface area contributed by atoms with Crippen LogP contribution in [-0.2, 0) is 0 Å². The zero-order chi connectivity index (χ0) is 13.1. The van der Waals surface area contributed by atoms with Gasteiger partial charge in [-0.3, -0.25) is 4.68 Å². The Labute approximate surface area is 114 Å². The molecule has 0 bridgehead atoms. The first kappa shape index (κ1) is 13.0. The first-order chi connectivity index (χ1) is 8.61. The number of hydrogen-bond acceptors (Lipinski definition) is 1. The second-order valence-electron chi connectivity index (χ2n) is 4.60. The van der Waals surface area contributed by atoms with Crippen LogP contribution in [0.3, 0.4) is 0 Å². The smallest absolute Gasteiger partial charge is 0.0671 e. The molecule has 0 aliphatic heterocycles. The second kappa shape index (κ2) is 5.49. The van der Waals surface area contributed by atoms with Crippen LogP contribution in [0.1, 0.15) is 36.3 Å². The molecule has 0 spiro atoms. The largest absolute Gasteiger partial charge is 0.318 e. The summed E-state index contributed by atoms with van der Waals surface area (Å²) in [5.41, 5.74) is 7.20. The summed E-state index contributed by atoms with van der Waals surface area (Å²) in [5, 5.41) is 0.786. The molecule has 0 fully saturated rings. The molecule has 0 amide bonds. The van der Waals surface area contributed by atoms with Gasteiger partial charge in [0.25, 0.3) is 0 Å². The summed E-state index contributed by atoms with van der Waals surface area (Å²) >= 11 is 6.06. The van der Waals surface area contributed by atoms with E-state index >= 15 is 0 Å². The van der Waals surface area contributed by atoms with Crippen molar-refractivity contribution in [2.24, 2.45) is 0 Å². The lowest BCUT2D eigenvalue weighted by atomic mass is 10.1. The molecule has 1 unspecified atom stereocenters. The minimum Gasteiger partial charge on any atom is -0.318 e. The maximum absolute atomic E-state index is 6.06. The van der Waals surface area contributed by atoms with E-state index in [2.05, 4.69) is 49.1 Å². The first-order valence-corrected chi connectivity index (χ1v) is 6.66. The summed E-state index contributed by atoms with van der Waals surface area (Å²) in [6, 6.07) is 12.5. The van der Waals surface area contributed by atoms with Gasteiger partial charge in [0, 0.05) is 16.4 Å². The lowest BCUT2D eigenvalue weighted by molar-refractivity contribution is 0.636. The highest BCUT2D eigenvalue weighted by Gasteiger charge is 2.11. The number of aryl methyl sites for hydroxylation is 2. The molecular weight excluding hydrogens is 244 g/mol. The summed E-state index contributed by atoms with van der Waals surface area (Å²) in [4.78, 5) is 0. The van der Waals surface area contributed by atoms with E-state index < -0.39 is 0 Å². The normalized spacial score (nSPS) is 12.4. The Hall–Kier alpha value is -1.41. The summed E-state index contributed by atoms with van der Waals surface area (Å²) in [7, 11) is 0. The molecular formula is C15H19ClN2. The SMILES string of the molecule is CCC(Nn1c(C)ccc1C)c1cccc(Cl)c1. The van der Waals surface area contributed by atoms with Crippen molar-refractivity contribution in [3.05, 3.63) is 58.4 Å². The molecule has 2 nitrogen and oxygen atoms in total. The van der Waals surface area contributed by atoms with Gasteiger partial charge in [0.1, 0.15) is 0 Å². The number of rotatable bonds is 4. The predicted octanol–water partition coefficient (Wildman–Crippen LogP) is 4.45. The number of halogens is 1. The molecule has 1 heterocycles. The molecule has 1 aromatic carbocycles. The van der Waals surface area contributed by atoms with Gasteiger partial charge < -0.3 is 5.43 Å². The zero-order valence-electron chi connectivity index (χ0n) is 11.1. The third-order valence-corrected chi connectivity index (χ3v) is 3.45. The van der Waals surface area contributed by atoms with Gasteiger partial charge >= 0.3 is 0 Å². The highest BCUT2D eigenvalue weighted by atomic mass is 35.5. The van der Waals surface area contributed by atoms with Gasteiger partial charge in [0.2, 0.25) is 0 Å². The van der Waals surface area contributed by atoms with Gasteiger partial charge in [-0.25, -0.2) is 0 Å². The third-order valence-electron chi connectivity index (χ3n) is 3.22. The molecule has 0 saturated carbocycles. The minimum absolute atomic E-state index is 0.272. The van der Waals surface area contributed by atoms with E-state index in [1.807, 2.05) is 18.2 Å². The van der Waals surface area contributed by atoms with Gasteiger partial charge in [-0.05, 0) is 50.1 Å². The van der Waals surface area contributed by atoms with Crippen molar-refractivity contribution >= 4 is 11.6 Å². The number of benzene rings is 1. The second-order valence-corrected chi connectivity index (χ2v) is 5.03. The highest BCUT2D eigenvalue weighted by molar-refractivity contribution is 6.30. The van der Waals surface area contributed by atoms with Crippen LogP contribution >= 0.6 is 11.6 Å². The maximum Gasteiger partial charge on any atom is 0.0671 e. The molecule has 0 radical (unpaired) electrons. The molecule has 0 saturated heterocycles. The maximum atomic E-state index is 6.06. The summed E-state index contributed by atoms with van der Waals surface area (Å²) in [6.45, 7) is 6.38. The van der Waals surface area contributed by atoms with Gasteiger partial charge in [0.15, 0.2) is 0 Å². The van der Waals surface area contributed by atoms with Crippen molar-refractivity contribution in [1.82, 2.24) is 4.68 Å². The van der Waals surface area contributed by atoms with E-state index in [9.17, 15) is 0 Å². The van der Waals surface area contributed by atoms with Crippen molar-refractivity contribution in [3.63, 3.8) is 0 Å². The van der Waals surface area contributed by atoms with Crippen molar-refractivity contribution in [2.75, 3.05) is 5.43 Å². The number of aromatic nitrogens is 1. The minimum atomic E-state index is 0.272. The fourth-order valence-corrected chi connectivity index (χ4v) is 2.35. The molecule has 18 heavy (non-hydrogen) atoms. The quantitative estimate of drug-likeness (QED) is 0.861. The average molecular weight is 263 g/mol. The Morgan fingerprint density at radius 3 is 2.39 bits per heavy atom. The summed E-state index contributed by atoms with van der Waals surface area (Å²) in [6.07, 6.45) is 1.01. The highest BCUT2D eigenvalue weighted by Crippen LogP contribution is 2.22. The van der Waals surface area contributed by atoms with Crippen molar-refractivity contribution < 1.29 is 0 Å². The molecule has 1 atom stereocenters. The molecule has 2 aromatic rings. The van der Waals surface area contributed by atoms with Crippen LogP contribution in [0.2, 0.25) is 5.02 Å². The molecule has 2 rings (SSSR count). The number of nitrogens with zero attached hydrogens (tertiary/aromatic N) is 1. The molecule has 3 heteroatoms. The Morgan fingerprint density at radius 1 is 1.17 bits per heavy atom. The Morgan fingerprint density at radius 2 is 1.83 bits per heavy atom. The topological polar surface area (TPSA) is 17.0 Å². The molecule has 0 aliphatic carbocycles. The van der Waals surface area contributed by atoms with E-state index in [-0.39, 0.29) is 6.04 Å². The standard InChI is InChI=1S/C15H19ClN2/c1-4-15(13-6-5-7-14(16)10-13)17-18-11(2)8-9-12(18)3/h5-10,15,17H,4H2,1-3H3. The molecule has 1 N–H and O–H groups in total. The van der Waals surface area contributed by atoms with Crippen molar-refractivity contribution in [3.8, 4) is 0 Å². The van der Waals surface area contributed by atoms with E-state index in [1.54, 1.807) is 0 Å².